The number of aromatic nitrogens is 1. The zero-order valence-electron chi connectivity index (χ0n) is 16.8. The lowest BCUT2D eigenvalue weighted by atomic mass is 10.0. The van der Waals surface area contributed by atoms with Crippen molar-refractivity contribution < 1.29 is 9.59 Å². The first-order chi connectivity index (χ1) is 13.6. The van der Waals surface area contributed by atoms with Crippen molar-refractivity contribution in [1.29, 1.82) is 0 Å². The number of hydrogen-bond donors (Lipinski definition) is 0. The van der Waals surface area contributed by atoms with Gasteiger partial charge < -0.3 is 9.80 Å². The van der Waals surface area contributed by atoms with Crippen molar-refractivity contribution in [2.45, 2.75) is 46.2 Å². The number of carbonyl (C=O) groups excluding carboxylic acids is 2. The topological polar surface area (TPSA) is 53.5 Å². The summed E-state index contributed by atoms with van der Waals surface area (Å²) in [6, 6.07) is 12.0. The highest BCUT2D eigenvalue weighted by atomic mass is 16.2. The molecule has 1 aromatic heterocycles. The molecule has 2 heterocycles. The molecule has 28 heavy (non-hydrogen) atoms. The van der Waals surface area contributed by atoms with E-state index in [1.807, 2.05) is 29.2 Å². The van der Waals surface area contributed by atoms with Crippen LogP contribution >= 0.6 is 0 Å². The van der Waals surface area contributed by atoms with Crippen molar-refractivity contribution in [1.82, 2.24) is 14.8 Å². The fourth-order valence-electron chi connectivity index (χ4n) is 3.67. The summed E-state index contributed by atoms with van der Waals surface area (Å²) >= 11 is 0. The normalized spacial score (nSPS) is 16.4. The molecule has 2 amide bonds. The van der Waals surface area contributed by atoms with Crippen LogP contribution in [0, 0.1) is 12.8 Å². The summed E-state index contributed by atoms with van der Waals surface area (Å²) in [5.41, 5.74) is 3.41. The van der Waals surface area contributed by atoms with Crippen LogP contribution in [-0.2, 0) is 22.7 Å². The lowest BCUT2D eigenvalue weighted by Crippen LogP contribution is -2.37. The Morgan fingerprint density at radius 1 is 1.21 bits per heavy atom. The van der Waals surface area contributed by atoms with E-state index in [4.69, 9.17) is 0 Å². The Morgan fingerprint density at radius 2 is 1.96 bits per heavy atom. The number of benzene rings is 1. The lowest BCUT2D eigenvalue weighted by molar-refractivity contribution is -0.136. The van der Waals surface area contributed by atoms with E-state index in [-0.39, 0.29) is 17.7 Å². The van der Waals surface area contributed by atoms with Gasteiger partial charge in [0.2, 0.25) is 11.8 Å². The second-order valence-corrected chi connectivity index (χ2v) is 7.57. The van der Waals surface area contributed by atoms with Gasteiger partial charge in [-0.2, -0.15) is 0 Å². The van der Waals surface area contributed by atoms with Gasteiger partial charge in [0.15, 0.2) is 0 Å². The van der Waals surface area contributed by atoms with Gasteiger partial charge in [0.05, 0.1) is 5.92 Å². The van der Waals surface area contributed by atoms with Crippen molar-refractivity contribution in [3.05, 3.63) is 65.5 Å². The predicted molar refractivity (Wildman–Crippen MR) is 109 cm³/mol. The van der Waals surface area contributed by atoms with E-state index in [1.165, 1.54) is 11.1 Å². The van der Waals surface area contributed by atoms with Crippen LogP contribution < -0.4 is 0 Å². The molecular formula is C23H29N3O2. The van der Waals surface area contributed by atoms with Crippen molar-refractivity contribution in [3.63, 3.8) is 0 Å². The zero-order chi connectivity index (χ0) is 19.9. The largest absolute Gasteiger partial charge is 0.338 e. The van der Waals surface area contributed by atoms with Gasteiger partial charge in [0.1, 0.15) is 0 Å². The van der Waals surface area contributed by atoms with E-state index in [2.05, 4.69) is 31.0 Å². The number of amides is 2. The summed E-state index contributed by atoms with van der Waals surface area (Å²) in [7, 11) is 0. The van der Waals surface area contributed by atoms with E-state index in [0.717, 1.165) is 24.9 Å². The van der Waals surface area contributed by atoms with Crippen LogP contribution in [-0.4, -0.2) is 39.7 Å². The maximum Gasteiger partial charge on any atom is 0.228 e. The molecule has 0 bridgehead atoms. The first kappa shape index (κ1) is 20.1. The third-order valence-corrected chi connectivity index (χ3v) is 5.40. The van der Waals surface area contributed by atoms with Gasteiger partial charge in [-0.25, -0.2) is 0 Å². The van der Waals surface area contributed by atoms with Crippen LogP contribution in [0.2, 0.25) is 0 Å². The van der Waals surface area contributed by atoms with Crippen molar-refractivity contribution in [2.24, 2.45) is 5.92 Å². The number of nitrogens with zero attached hydrogens (tertiary/aromatic N) is 3. The summed E-state index contributed by atoms with van der Waals surface area (Å²) in [6.45, 7) is 6.59. The molecule has 2 aromatic rings. The molecule has 1 aliphatic heterocycles. The average Bonchev–Trinajstić information content (AvgIpc) is 3.07. The van der Waals surface area contributed by atoms with E-state index < -0.39 is 0 Å². The predicted octanol–water partition coefficient (Wildman–Crippen LogP) is 3.57. The summed E-state index contributed by atoms with van der Waals surface area (Å²) in [5, 5.41) is 0. The van der Waals surface area contributed by atoms with Crippen molar-refractivity contribution in [2.75, 3.05) is 13.1 Å². The Balaban J connectivity index is 1.68. The fourth-order valence-corrected chi connectivity index (χ4v) is 3.67. The summed E-state index contributed by atoms with van der Waals surface area (Å²) in [6.07, 6.45) is 5.77. The molecule has 0 radical (unpaired) electrons. The zero-order valence-corrected chi connectivity index (χ0v) is 16.8. The third kappa shape index (κ3) is 4.97. The number of likely N-dealkylation sites (tertiary alicyclic amines) is 1. The Hall–Kier alpha value is -2.69. The summed E-state index contributed by atoms with van der Waals surface area (Å²) in [5.74, 6) is -0.0982. The van der Waals surface area contributed by atoms with Crippen LogP contribution in [0.3, 0.4) is 0 Å². The molecule has 1 atom stereocenters. The molecule has 0 aliphatic carbocycles. The summed E-state index contributed by atoms with van der Waals surface area (Å²) < 4.78 is 0. The van der Waals surface area contributed by atoms with Gasteiger partial charge in [-0.05, 0) is 42.2 Å². The van der Waals surface area contributed by atoms with E-state index in [0.29, 0.717) is 26.1 Å². The van der Waals surface area contributed by atoms with E-state index in [9.17, 15) is 9.59 Å². The number of carbonyl (C=O) groups is 2. The third-order valence-electron chi connectivity index (χ3n) is 5.40. The van der Waals surface area contributed by atoms with Crippen molar-refractivity contribution >= 4 is 11.8 Å². The Kier molecular flexibility index (Phi) is 6.80. The average molecular weight is 380 g/mol. The second-order valence-electron chi connectivity index (χ2n) is 7.57. The highest BCUT2D eigenvalue weighted by molar-refractivity contribution is 5.89. The molecule has 1 fully saturated rings. The van der Waals surface area contributed by atoms with E-state index in [1.54, 1.807) is 17.3 Å². The minimum atomic E-state index is -0.254. The van der Waals surface area contributed by atoms with Crippen LogP contribution in [0.4, 0.5) is 0 Å². The lowest BCUT2D eigenvalue weighted by Gasteiger charge is -2.26. The molecule has 0 N–H and O–H groups in total. The molecule has 0 spiro atoms. The maximum atomic E-state index is 13.2. The van der Waals surface area contributed by atoms with Crippen LogP contribution in [0.5, 0.6) is 0 Å². The quantitative estimate of drug-likeness (QED) is 0.705. The molecule has 0 unspecified atom stereocenters. The number of rotatable bonds is 8. The van der Waals surface area contributed by atoms with Gasteiger partial charge >= 0.3 is 0 Å². The van der Waals surface area contributed by atoms with Crippen LogP contribution in [0.15, 0.2) is 48.8 Å². The second kappa shape index (κ2) is 9.49. The Morgan fingerprint density at radius 3 is 2.68 bits per heavy atom. The Bertz CT molecular complexity index is 807. The molecule has 148 valence electrons. The highest BCUT2D eigenvalue weighted by Gasteiger charge is 2.36. The van der Waals surface area contributed by atoms with Crippen molar-refractivity contribution in [3.8, 4) is 0 Å². The summed E-state index contributed by atoms with van der Waals surface area (Å²) in [4.78, 5) is 33.5. The van der Waals surface area contributed by atoms with Gasteiger partial charge in [0, 0.05) is 45.0 Å². The first-order valence-electron chi connectivity index (χ1n) is 10.1. The first-order valence-corrected chi connectivity index (χ1v) is 10.1. The van der Waals surface area contributed by atoms with Crippen LogP contribution in [0.25, 0.3) is 0 Å². The number of hydrogen-bond acceptors (Lipinski definition) is 3. The van der Waals surface area contributed by atoms with Gasteiger partial charge in [-0.3, -0.25) is 14.6 Å². The number of aryl methyl sites for hydroxylation is 1. The molecular weight excluding hydrogens is 350 g/mol. The SMILES string of the molecule is CCCCN(Cc1ccccc1C)C(=O)[C@@H]1CC(=O)N(Cc2ccncc2)C1. The molecule has 5 heteroatoms. The fraction of sp³-hybridized carbons (Fsp3) is 0.435. The molecule has 0 saturated carbocycles. The van der Waals surface area contributed by atoms with Gasteiger partial charge in [-0.1, -0.05) is 37.6 Å². The van der Waals surface area contributed by atoms with Gasteiger partial charge in [-0.15, -0.1) is 0 Å². The Labute approximate surface area is 167 Å². The van der Waals surface area contributed by atoms with E-state index >= 15 is 0 Å². The van der Waals surface area contributed by atoms with Crippen LogP contribution in [0.1, 0.15) is 42.9 Å². The monoisotopic (exact) mass is 379 g/mol. The molecule has 3 rings (SSSR count). The highest BCUT2D eigenvalue weighted by Crippen LogP contribution is 2.23. The smallest absolute Gasteiger partial charge is 0.228 e. The minimum absolute atomic E-state index is 0.0569. The molecule has 1 saturated heterocycles. The molecule has 5 nitrogen and oxygen atoms in total. The standard InChI is InChI=1S/C23H29N3O2/c1-3-4-13-25(16-20-8-6-5-7-18(20)2)23(28)21-14-22(27)26(17-21)15-19-9-11-24-12-10-19/h5-12,21H,3-4,13-17H2,1-2H3/t21-/m1/s1. The van der Waals surface area contributed by atoms with Gasteiger partial charge in [0.25, 0.3) is 0 Å². The minimum Gasteiger partial charge on any atom is -0.338 e. The molecule has 1 aromatic carbocycles. The molecule has 1 aliphatic rings. The number of unbranched alkanes of at least 4 members (excludes halogenated alkanes) is 1. The maximum absolute atomic E-state index is 13.2. The number of pyridine rings is 1.